The van der Waals surface area contributed by atoms with Crippen molar-refractivity contribution >= 4 is 47.0 Å². The molecule has 0 saturated carbocycles. The Labute approximate surface area is 193 Å². The summed E-state index contributed by atoms with van der Waals surface area (Å²) in [5.74, 6) is 2.07. The zero-order valence-corrected chi connectivity index (χ0v) is 20.0. The van der Waals surface area contributed by atoms with Crippen LogP contribution in [0.2, 0.25) is 0 Å². The van der Waals surface area contributed by atoms with Crippen molar-refractivity contribution in [2.45, 2.75) is 22.9 Å². The van der Waals surface area contributed by atoms with Gasteiger partial charge in [-0.3, -0.25) is 0 Å². The summed E-state index contributed by atoms with van der Waals surface area (Å²) in [5, 5.41) is 2.06. The van der Waals surface area contributed by atoms with Crippen LogP contribution in [0.5, 0.6) is 0 Å². The van der Waals surface area contributed by atoms with Crippen LogP contribution in [-0.2, 0) is 14.1 Å². The van der Waals surface area contributed by atoms with E-state index in [4.69, 9.17) is 0 Å². The fraction of sp³-hybridized carbons (Fsp3) is 0.300. The summed E-state index contributed by atoms with van der Waals surface area (Å²) in [6.07, 6.45) is 10.5. The minimum Gasteiger partial charge on any atom is -0.207 e. The van der Waals surface area contributed by atoms with E-state index in [1.807, 2.05) is 47.8 Å². The number of nitrogens with zero attached hydrogens (tertiary/aromatic N) is 6. The predicted octanol–water partition coefficient (Wildman–Crippen LogP) is 4.04. The SMILES string of the molecule is C[n+]1cccc(-c2nsnc2SCCCCSc2nsnc2-c2ccc[n+](C)c2)c1. The summed E-state index contributed by atoms with van der Waals surface area (Å²) in [4.78, 5) is 0. The van der Waals surface area contributed by atoms with Gasteiger partial charge in [0.2, 0.25) is 0 Å². The standard InChI is InChI=1S/C20H22N6S4/c1-25-9-5-7-15(13-25)17-19(23-29-21-17)27-11-3-4-12-28-20-18(22-30-24-20)16-8-6-10-26(2)14-16/h5-10,13-14H,3-4,11-12H2,1-2H3/q+2. The Hall–Kier alpha value is -1.88. The van der Waals surface area contributed by atoms with Gasteiger partial charge in [0.15, 0.2) is 24.8 Å². The van der Waals surface area contributed by atoms with Gasteiger partial charge < -0.3 is 0 Å². The lowest BCUT2D eigenvalue weighted by Gasteiger charge is -2.02. The summed E-state index contributed by atoms with van der Waals surface area (Å²) in [6.45, 7) is 0. The first-order valence-electron chi connectivity index (χ1n) is 9.53. The fourth-order valence-corrected chi connectivity index (χ4v) is 6.27. The van der Waals surface area contributed by atoms with Gasteiger partial charge in [0.25, 0.3) is 0 Å². The van der Waals surface area contributed by atoms with Gasteiger partial charge in [-0.05, 0) is 36.5 Å². The van der Waals surface area contributed by atoms with E-state index in [1.165, 1.54) is 23.5 Å². The molecule has 4 aromatic rings. The molecule has 0 amide bonds. The lowest BCUT2D eigenvalue weighted by atomic mass is 10.2. The molecule has 6 nitrogen and oxygen atoms in total. The van der Waals surface area contributed by atoms with E-state index in [2.05, 4.69) is 42.0 Å². The van der Waals surface area contributed by atoms with Gasteiger partial charge in [-0.1, -0.05) is 0 Å². The Morgan fingerprint density at radius 1 is 0.733 bits per heavy atom. The van der Waals surface area contributed by atoms with E-state index >= 15 is 0 Å². The van der Waals surface area contributed by atoms with E-state index in [-0.39, 0.29) is 0 Å². The second-order valence-corrected chi connectivity index (χ2v) is 9.98. The van der Waals surface area contributed by atoms with Crippen LogP contribution < -0.4 is 9.13 Å². The number of pyridine rings is 2. The maximum absolute atomic E-state index is 4.50. The molecule has 0 N–H and O–H groups in total. The van der Waals surface area contributed by atoms with Crippen molar-refractivity contribution in [2.75, 3.05) is 11.5 Å². The average molecular weight is 475 g/mol. The molecule has 0 aliphatic carbocycles. The quantitative estimate of drug-likeness (QED) is 0.207. The van der Waals surface area contributed by atoms with Crippen LogP contribution in [0, 0.1) is 0 Å². The van der Waals surface area contributed by atoms with Gasteiger partial charge in [0.05, 0.1) is 34.6 Å². The number of aromatic nitrogens is 6. The van der Waals surface area contributed by atoms with E-state index in [9.17, 15) is 0 Å². The van der Waals surface area contributed by atoms with E-state index in [0.717, 1.165) is 56.9 Å². The molecule has 0 bridgehead atoms. The predicted molar refractivity (Wildman–Crippen MR) is 124 cm³/mol. The van der Waals surface area contributed by atoms with E-state index in [1.54, 1.807) is 23.5 Å². The van der Waals surface area contributed by atoms with Gasteiger partial charge in [-0.25, -0.2) is 9.13 Å². The minimum absolute atomic E-state index is 0.991. The van der Waals surface area contributed by atoms with Crippen LogP contribution in [0.1, 0.15) is 12.8 Å². The molecule has 0 atom stereocenters. The third-order valence-corrected chi connectivity index (χ3v) is 7.75. The average Bonchev–Trinajstić information content (AvgIpc) is 3.40. The molecule has 0 saturated heterocycles. The van der Waals surface area contributed by atoms with Gasteiger partial charge in [0.1, 0.15) is 35.5 Å². The molecule has 0 spiro atoms. The van der Waals surface area contributed by atoms with Crippen molar-refractivity contribution < 1.29 is 9.13 Å². The first-order valence-corrected chi connectivity index (χ1v) is 13.0. The van der Waals surface area contributed by atoms with Crippen LogP contribution >= 0.6 is 47.0 Å². The Balaban J connectivity index is 1.25. The van der Waals surface area contributed by atoms with Crippen molar-refractivity contribution in [1.82, 2.24) is 17.5 Å². The first-order chi connectivity index (χ1) is 14.7. The highest BCUT2D eigenvalue weighted by Gasteiger charge is 2.15. The van der Waals surface area contributed by atoms with Crippen LogP contribution in [0.25, 0.3) is 22.5 Å². The van der Waals surface area contributed by atoms with Crippen LogP contribution in [-0.4, -0.2) is 29.0 Å². The Morgan fingerprint density at radius 3 is 1.63 bits per heavy atom. The molecular formula is C20H22N6S4+2. The highest BCUT2D eigenvalue weighted by Crippen LogP contribution is 2.31. The number of unbranched alkanes of at least 4 members (excludes halogenated alkanes) is 1. The minimum atomic E-state index is 0.991. The van der Waals surface area contributed by atoms with Crippen molar-refractivity contribution in [1.29, 1.82) is 0 Å². The topological polar surface area (TPSA) is 59.3 Å². The largest absolute Gasteiger partial charge is 0.207 e. The lowest BCUT2D eigenvalue weighted by molar-refractivity contribution is -0.671. The lowest BCUT2D eigenvalue weighted by Crippen LogP contribution is -2.26. The number of rotatable bonds is 9. The summed E-state index contributed by atoms with van der Waals surface area (Å²) in [5.41, 5.74) is 4.21. The highest BCUT2D eigenvalue weighted by molar-refractivity contribution is 7.99. The number of hydrogen-bond acceptors (Lipinski definition) is 8. The molecule has 4 heterocycles. The monoisotopic (exact) mass is 474 g/mol. The first kappa shape index (κ1) is 21.4. The van der Waals surface area contributed by atoms with Gasteiger partial charge in [-0.15, -0.1) is 23.5 Å². The molecule has 0 aliphatic heterocycles. The van der Waals surface area contributed by atoms with Gasteiger partial charge in [0, 0.05) is 12.1 Å². The highest BCUT2D eigenvalue weighted by atomic mass is 32.2. The van der Waals surface area contributed by atoms with Crippen molar-refractivity contribution in [3.8, 4) is 22.5 Å². The number of aryl methyl sites for hydroxylation is 2. The molecule has 10 heteroatoms. The van der Waals surface area contributed by atoms with Gasteiger partial charge in [-0.2, -0.15) is 17.5 Å². The third-order valence-electron chi connectivity index (χ3n) is 4.36. The van der Waals surface area contributed by atoms with Crippen LogP contribution in [0.4, 0.5) is 0 Å². The van der Waals surface area contributed by atoms with Crippen molar-refractivity contribution in [3.63, 3.8) is 0 Å². The zero-order valence-electron chi connectivity index (χ0n) is 16.8. The van der Waals surface area contributed by atoms with Crippen molar-refractivity contribution in [3.05, 3.63) is 49.1 Å². The normalized spacial score (nSPS) is 11.1. The Bertz CT molecular complexity index is 1020. The zero-order chi connectivity index (χ0) is 20.8. The maximum atomic E-state index is 4.50. The molecule has 4 aromatic heterocycles. The molecule has 0 unspecified atom stereocenters. The second-order valence-electron chi connectivity index (χ2n) is 6.76. The van der Waals surface area contributed by atoms with E-state index < -0.39 is 0 Å². The number of hydrogen-bond donors (Lipinski definition) is 0. The third kappa shape index (κ3) is 5.42. The molecule has 154 valence electrons. The van der Waals surface area contributed by atoms with Crippen molar-refractivity contribution in [2.24, 2.45) is 14.1 Å². The summed E-state index contributed by atoms with van der Waals surface area (Å²) in [6, 6.07) is 8.25. The summed E-state index contributed by atoms with van der Waals surface area (Å²) < 4.78 is 22.1. The molecule has 0 fully saturated rings. The number of thioether (sulfide) groups is 2. The molecule has 0 aromatic carbocycles. The smallest absolute Gasteiger partial charge is 0.178 e. The molecule has 0 radical (unpaired) electrons. The molecule has 30 heavy (non-hydrogen) atoms. The van der Waals surface area contributed by atoms with E-state index in [0.29, 0.717) is 0 Å². The molecule has 0 aliphatic rings. The maximum Gasteiger partial charge on any atom is 0.178 e. The Kier molecular flexibility index (Phi) is 7.42. The summed E-state index contributed by atoms with van der Waals surface area (Å²) in [7, 11) is 4.05. The summed E-state index contributed by atoms with van der Waals surface area (Å²) >= 11 is 6.16. The Morgan fingerprint density at radius 2 is 1.20 bits per heavy atom. The van der Waals surface area contributed by atoms with Crippen LogP contribution in [0.3, 0.4) is 0 Å². The second kappa shape index (κ2) is 10.4. The fourth-order valence-electron chi connectivity index (χ4n) is 2.90. The van der Waals surface area contributed by atoms with Crippen LogP contribution in [0.15, 0.2) is 59.1 Å². The molecule has 4 rings (SSSR count). The van der Waals surface area contributed by atoms with Gasteiger partial charge >= 0.3 is 0 Å². The molecular weight excluding hydrogens is 453 g/mol.